The van der Waals surface area contributed by atoms with Crippen molar-refractivity contribution >= 4 is 27.5 Å². The van der Waals surface area contributed by atoms with Crippen LogP contribution in [0.15, 0.2) is 22.7 Å². The number of nitrogens with one attached hydrogen (secondary N) is 1. The van der Waals surface area contributed by atoms with Gasteiger partial charge in [0, 0.05) is 22.6 Å². The molecule has 0 spiro atoms. The molecule has 0 aliphatic heterocycles. The third-order valence-corrected chi connectivity index (χ3v) is 3.55. The number of aliphatic hydroxyl groups excluding tert-OH is 1. The number of nitrogens with zero attached hydrogens (tertiary/aromatic N) is 1. The van der Waals surface area contributed by atoms with E-state index in [0.717, 1.165) is 0 Å². The van der Waals surface area contributed by atoms with E-state index in [1.165, 1.54) is 18.2 Å². The summed E-state index contributed by atoms with van der Waals surface area (Å²) in [7, 11) is 0. The normalized spacial score (nSPS) is 22.1. The number of carbonyl (C=O) groups excluding carboxylic acids is 1. The van der Waals surface area contributed by atoms with Crippen LogP contribution in [0.1, 0.15) is 23.2 Å². The lowest BCUT2D eigenvalue weighted by atomic mass is 9.89. The largest absolute Gasteiger partial charge is 0.393 e. The van der Waals surface area contributed by atoms with Crippen molar-refractivity contribution in [2.75, 3.05) is 0 Å². The zero-order valence-electron chi connectivity index (χ0n) is 9.30. The molecule has 0 radical (unpaired) electrons. The average Bonchev–Trinajstić information content (AvgIpc) is 2.27. The third kappa shape index (κ3) is 2.68. The molecule has 2 rings (SSSR count). The smallest absolute Gasteiger partial charge is 0.270 e. The van der Waals surface area contributed by atoms with E-state index in [2.05, 4.69) is 21.2 Å². The summed E-state index contributed by atoms with van der Waals surface area (Å²) in [6.07, 6.45) is 0.695. The van der Waals surface area contributed by atoms with Crippen LogP contribution in [0.25, 0.3) is 0 Å². The van der Waals surface area contributed by atoms with E-state index in [0.29, 0.717) is 17.3 Å². The molecular weight excluding hydrogens is 304 g/mol. The Balaban J connectivity index is 2.13. The number of benzene rings is 1. The van der Waals surface area contributed by atoms with Gasteiger partial charge in [0.05, 0.1) is 16.6 Å². The van der Waals surface area contributed by atoms with Crippen LogP contribution in [-0.2, 0) is 0 Å². The van der Waals surface area contributed by atoms with Crippen LogP contribution in [0.2, 0.25) is 0 Å². The lowest BCUT2D eigenvalue weighted by Crippen LogP contribution is -2.46. The molecule has 1 aromatic rings. The van der Waals surface area contributed by atoms with Crippen LogP contribution in [0.3, 0.4) is 0 Å². The quantitative estimate of drug-likeness (QED) is 0.655. The van der Waals surface area contributed by atoms with Crippen LogP contribution in [0.4, 0.5) is 5.69 Å². The first-order chi connectivity index (χ1) is 8.47. The Hall–Kier alpha value is -1.47. The van der Waals surface area contributed by atoms with E-state index in [1.54, 1.807) is 0 Å². The zero-order chi connectivity index (χ0) is 13.3. The maximum atomic E-state index is 11.9. The predicted octanol–water partition coefficient (Wildman–Crippen LogP) is 1.61. The fourth-order valence-electron chi connectivity index (χ4n) is 1.77. The van der Waals surface area contributed by atoms with Crippen molar-refractivity contribution in [1.29, 1.82) is 0 Å². The Morgan fingerprint density at radius 1 is 1.50 bits per heavy atom. The number of halogens is 1. The maximum Gasteiger partial charge on any atom is 0.270 e. The van der Waals surface area contributed by atoms with Gasteiger partial charge in [0.1, 0.15) is 0 Å². The van der Waals surface area contributed by atoms with E-state index in [1.807, 2.05) is 0 Å². The summed E-state index contributed by atoms with van der Waals surface area (Å²) in [5.74, 6) is -0.373. The highest BCUT2D eigenvalue weighted by atomic mass is 79.9. The highest BCUT2D eigenvalue weighted by molar-refractivity contribution is 9.10. The summed E-state index contributed by atoms with van der Waals surface area (Å²) in [5.41, 5.74) is 0.0996. The fourth-order valence-corrected chi connectivity index (χ4v) is 2.20. The second-order valence-corrected chi connectivity index (χ2v) is 5.07. The second-order valence-electron chi connectivity index (χ2n) is 4.22. The van der Waals surface area contributed by atoms with Crippen LogP contribution < -0.4 is 5.32 Å². The highest BCUT2D eigenvalue weighted by Gasteiger charge is 2.29. The lowest BCUT2D eigenvalue weighted by Gasteiger charge is -2.31. The van der Waals surface area contributed by atoms with Crippen molar-refractivity contribution in [3.63, 3.8) is 0 Å². The maximum absolute atomic E-state index is 11.9. The number of nitro benzene ring substituents is 1. The van der Waals surface area contributed by atoms with Crippen LogP contribution in [-0.4, -0.2) is 28.1 Å². The van der Waals surface area contributed by atoms with E-state index in [-0.39, 0.29) is 29.3 Å². The van der Waals surface area contributed by atoms with Gasteiger partial charge in [0.25, 0.3) is 11.6 Å². The summed E-state index contributed by atoms with van der Waals surface area (Å²) >= 11 is 3.19. The average molecular weight is 315 g/mol. The summed E-state index contributed by atoms with van der Waals surface area (Å²) < 4.78 is 0.505. The molecule has 96 valence electrons. The van der Waals surface area contributed by atoms with Gasteiger partial charge in [-0.3, -0.25) is 14.9 Å². The lowest BCUT2D eigenvalue weighted by molar-refractivity contribution is -0.384. The van der Waals surface area contributed by atoms with E-state index >= 15 is 0 Å². The first-order valence-electron chi connectivity index (χ1n) is 5.40. The molecule has 0 aromatic heterocycles. The Morgan fingerprint density at radius 3 is 2.72 bits per heavy atom. The van der Waals surface area contributed by atoms with Gasteiger partial charge in [-0.15, -0.1) is 0 Å². The Bertz CT molecular complexity index is 500. The minimum Gasteiger partial charge on any atom is -0.393 e. The van der Waals surface area contributed by atoms with Gasteiger partial charge in [-0.2, -0.15) is 0 Å². The van der Waals surface area contributed by atoms with Crippen molar-refractivity contribution in [3.05, 3.63) is 38.3 Å². The second kappa shape index (κ2) is 5.03. The van der Waals surface area contributed by atoms with Crippen molar-refractivity contribution in [2.24, 2.45) is 0 Å². The molecule has 1 aliphatic rings. The monoisotopic (exact) mass is 314 g/mol. The number of carbonyl (C=O) groups is 1. The van der Waals surface area contributed by atoms with Crippen LogP contribution in [0.5, 0.6) is 0 Å². The van der Waals surface area contributed by atoms with Crippen molar-refractivity contribution in [3.8, 4) is 0 Å². The molecule has 6 nitrogen and oxygen atoms in total. The van der Waals surface area contributed by atoms with E-state index in [4.69, 9.17) is 5.11 Å². The standard InChI is InChI=1S/C11H11BrN2O4/c12-10-2-1-7(14(17)18)5-9(10)11(16)13-6-3-8(15)4-6/h1-2,5-6,8,15H,3-4H2,(H,13,16). The molecule has 1 amide bonds. The summed E-state index contributed by atoms with van der Waals surface area (Å²) in [4.78, 5) is 22.0. The van der Waals surface area contributed by atoms with E-state index in [9.17, 15) is 14.9 Å². The molecule has 1 saturated carbocycles. The molecule has 0 atom stereocenters. The number of amides is 1. The zero-order valence-corrected chi connectivity index (χ0v) is 10.9. The fraction of sp³-hybridized carbons (Fsp3) is 0.364. The summed E-state index contributed by atoms with van der Waals surface area (Å²) in [6.45, 7) is 0. The molecule has 1 aromatic carbocycles. The molecular formula is C11H11BrN2O4. The molecule has 18 heavy (non-hydrogen) atoms. The predicted molar refractivity (Wildman–Crippen MR) is 67.3 cm³/mol. The van der Waals surface area contributed by atoms with E-state index < -0.39 is 4.92 Å². The van der Waals surface area contributed by atoms with Gasteiger partial charge in [-0.1, -0.05) is 0 Å². The number of rotatable bonds is 3. The minimum absolute atomic E-state index is 0.0568. The van der Waals surface area contributed by atoms with Crippen molar-refractivity contribution in [2.45, 2.75) is 25.0 Å². The van der Waals surface area contributed by atoms with Crippen molar-refractivity contribution in [1.82, 2.24) is 5.32 Å². The number of nitro groups is 1. The number of hydrogen-bond acceptors (Lipinski definition) is 4. The van der Waals surface area contributed by atoms with Gasteiger partial charge in [0.2, 0.25) is 0 Å². The molecule has 0 heterocycles. The summed E-state index contributed by atoms with van der Waals surface area (Å²) in [5, 5.41) is 22.5. The molecule has 1 fully saturated rings. The van der Waals surface area contributed by atoms with Gasteiger partial charge >= 0.3 is 0 Å². The molecule has 0 saturated heterocycles. The van der Waals surface area contributed by atoms with Gasteiger partial charge in [-0.25, -0.2) is 0 Å². The minimum atomic E-state index is -0.545. The number of hydrogen-bond donors (Lipinski definition) is 2. The van der Waals surface area contributed by atoms with Crippen molar-refractivity contribution < 1.29 is 14.8 Å². The van der Waals surface area contributed by atoms with Gasteiger partial charge in [-0.05, 0) is 34.8 Å². The number of non-ortho nitro benzene ring substituents is 1. The Morgan fingerprint density at radius 2 is 2.17 bits per heavy atom. The number of aliphatic hydroxyl groups is 1. The van der Waals surface area contributed by atoms with Crippen LogP contribution >= 0.6 is 15.9 Å². The molecule has 0 unspecified atom stereocenters. The molecule has 2 N–H and O–H groups in total. The summed E-state index contributed by atoms with van der Waals surface area (Å²) in [6, 6.07) is 3.98. The topological polar surface area (TPSA) is 92.5 Å². The Kier molecular flexibility index (Phi) is 3.63. The molecule has 1 aliphatic carbocycles. The Labute approximate surface area is 111 Å². The van der Waals surface area contributed by atoms with Gasteiger partial charge < -0.3 is 10.4 Å². The first kappa shape index (κ1) is 13.0. The highest BCUT2D eigenvalue weighted by Crippen LogP contribution is 2.24. The van der Waals surface area contributed by atoms with Gasteiger partial charge in [0.15, 0.2) is 0 Å². The van der Waals surface area contributed by atoms with Crippen LogP contribution in [0, 0.1) is 10.1 Å². The first-order valence-corrected chi connectivity index (χ1v) is 6.19. The molecule has 7 heteroatoms. The SMILES string of the molecule is O=C(NC1CC(O)C1)c1cc([N+](=O)[O-])ccc1Br. The molecule has 0 bridgehead atoms. The third-order valence-electron chi connectivity index (χ3n) is 2.85.